The largest absolute Gasteiger partial charge is 0.477 e. The van der Waals surface area contributed by atoms with Gasteiger partial charge in [-0.15, -0.1) is 0 Å². The van der Waals surface area contributed by atoms with Crippen LogP contribution in [-0.2, 0) is 5.60 Å². The molecular formula is C15H17ClN2O2. The van der Waals surface area contributed by atoms with Crippen LogP contribution in [0.4, 0.5) is 0 Å². The Bertz CT molecular complexity index is 654. The van der Waals surface area contributed by atoms with Gasteiger partial charge in [0.1, 0.15) is 5.15 Å². The number of hydrogen-bond acceptors (Lipinski definition) is 4. The number of aliphatic hydroxyl groups is 1. The van der Waals surface area contributed by atoms with Crippen molar-refractivity contribution in [1.82, 2.24) is 9.97 Å². The molecule has 0 saturated heterocycles. The van der Waals surface area contributed by atoms with E-state index in [1.54, 1.807) is 18.5 Å². The summed E-state index contributed by atoms with van der Waals surface area (Å²) in [5, 5.41) is 12.8. The van der Waals surface area contributed by atoms with E-state index in [-0.39, 0.29) is 5.92 Å². The summed E-state index contributed by atoms with van der Waals surface area (Å²) < 4.78 is 5.53. The maximum Gasteiger partial charge on any atom is 0.222 e. The first kappa shape index (κ1) is 13.6. The smallest absolute Gasteiger partial charge is 0.222 e. The highest BCUT2D eigenvalue weighted by Gasteiger charge is 2.42. The summed E-state index contributed by atoms with van der Waals surface area (Å²) in [4.78, 5) is 8.44. The van der Waals surface area contributed by atoms with E-state index in [1.807, 2.05) is 13.8 Å². The van der Waals surface area contributed by atoms with Gasteiger partial charge in [0.15, 0.2) is 0 Å². The Morgan fingerprint density at radius 3 is 2.75 bits per heavy atom. The topological polar surface area (TPSA) is 55.2 Å². The molecule has 4 nitrogen and oxygen atoms in total. The Balaban J connectivity index is 2.22. The van der Waals surface area contributed by atoms with E-state index >= 15 is 0 Å². The average molecular weight is 293 g/mol. The van der Waals surface area contributed by atoms with Gasteiger partial charge in [0.05, 0.1) is 17.6 Å². The number of aromatic nitrogens is 2. The van der Waals surface area contributed by atoms with Gasteiger partial charge in [0.25, 0.3) is 0 Å². The van der Waals surface area contributed by atoms with Gasteiger partial charge in [-0.1, -0.05) is 11.6 Å². The van der Waals surface area contributed by atoms with Crippen molar-refractivity contribution in [2.75, 3.05) is 6.61 Å². The fourth-order valence-electron chi connectivity index (χ4n) is 2.61. The number of hydrogen-bond donors (Lipinski definition) is 1. The second-order valence-electron chi connectivity index (χ2n) is 5.38. The number of pyridine rings is 2. The van der Waals surface area contributed by atoms with Crippen molar-refractivity contribution in [3.05, 3.63) is 29.2 Å². The molecule has 0 spiro atoms. The normalized spacial score (nSPS) is 18.0. The van der Waals surface area contributed by atoms with Crippen LogP contribution in [0, 0.1) is 5.92 Å². The van der Waals surface area contributed by atoms with Crippen LogP contribution < -0.4 is 4.74 Å². The average Bonchev–Trinajstić information content (AvgIpc) is 3.23. The highest BCUT2D eigenvalue weighted by Crippen LogP contribution is 2.47. The summed E-state index contributed by atoms with van der Waals surface area (Å²) in [6, 6.07) is 1.77. The van der Waals surface area contributed by atoms with Crippen LogP contribution in [0.1, 0.15) is 32.3 Å². The molecule has 20 heavy (non-hydrogen) atoms. The molecule has 1 atom stereocenters. The van der Waals surface area contributed by atoms with Crippen LogP contribution >= 0.6 is 11.6 Å². The summed E-state index contributed by atoms with van der Waals surface area (Å²) in [6.45, 7) is 4.28. The van der Waals surface area contributed by atoms with E-state index in [0.29, 0.717) is 17.6 Å². The van der Waals surface area contributed by atoms with Gasteiger partial charge in [-0.25, -0.2) is 9.97 Å². The SMILES string of the molecule is CCOc1ncc([C@@](C)(O)C2CC2)c2cc(Cl)ncc12. The van der Waals surface area contributed by atoms with Gasteiger partial charge >= 0.3 is 0 Å². The minimum atomic E-state index is -0.888. The predicted molar refractivity (Wildman–Crippen MR) is 78.0 cm³/mol. The summed E-state index contributed by atoms with van der Waals surface area (Å²) in [5.41, 5.74) is -0.0940. The second kappa shape index (κ2) is 4.86. The molecule has 1 aliphatic carbocycles. The highest BCUT2D eigenvalue weighted by atomic mass is 35.5. The molecule has 106 valence electrons. The van der Waals surface area contributed by atoms with Gasteiger partial charge in [0.2, 0.25) is 5.88 Å². The number of halogens is 1. The molecule has 0 amide bonds. The first-order chi connectivity index (χ1) is 9.54. The van der Waals surface area contributed by atoms with Crippen LogP contribution in [0.3, 0.4) is 0 Å². The van der Waals surface area contributed by atoms with Crippen molar-refractivity contribution >= 4 is 22.4 Å². The van der Waals surface area contributed by atoms with Crippen LogP contribution in [0.2, 0.25) is 5.15 Å². The molecule has 3 rings (SSSR count). The van der Waals surface area contributed by atoms with E-state index < -0.39 is 5.60 Å². The molecule has 0 radical (unpaired) electrons. The first-order valence-electron chi connectivity index (χ1n) is 6.84. The first-order valence-corrected chi connectivity index (χ1v) is 7.21. The Labute approximate surface area is 122 Å². The number of fused-ring (bicyclic) bond motifs is 1. The number of ether oxygens (including phenoxy) is 1. The molecule has 0 bridgehead atoms. The molecule has 1 saturated carbocycles. The third kappa shape index (κ3) is 2.23. The molecule has 0 unspecified atom stereocenters. The third-order valence-electron chi connectivity index (χ3n) is 3.90. The molecule has 1 aliphatic rings. The van der Waals surface area contributed by atoms with E-state index in [4.69, 9.17) is 16.3 Å². The van der Waals surface area contributed by atoms with Gasteiger partial charge in [-0.2, -0.15) is 0 Å². The molecule has 2 aromatic rings. The fourth-order valence-corrected chi connectivity index (χ4v) is 2.76. The maximum atomic E-state index is 10.8. The van der Waals surface area contributed by atoms with Crippen LogP contribution in [0.5, 0.6) is 5.88 Å². The van der Waals surface area contributed by atoms with Crippen molar-refractivity contribution < 1.29 is 9.84 Å². The van der Waals surface area contributed by atoms with Gasteiger partial charge in [0, 0.05) is 18.0 Å². The minimum absolute atomic E-state index is 0.289. The standard InChI is InChI=1S/C15H17ClN2O2/c1-3-20-14-11-7-17-13(16)6-10(11)12(8-18-14)15(2,19)9-4-5-9/h6-9,19H,3-5H2,1-2H3/t15-/m0/s1. The summed E-state index contributed by atoms with van der Waals surface area (Å²) in [7, 11) is 0. The molecule has 0 aromatic carbocycles. The lowest BCUT2D eigenvalue weighted by Crippen LogP contribution is -2.24. The molecule has 0 aliphatic heterocycles. The maximum absolute atomic E-state index is 10.8. The Morgan fingerprint density at radius 2 is 2.10 bits per heavy atom. The van der Waals surface area contributed by atoms with Crippen molar-refractivity contribution in [3.8, 4) is 5.88 Å². The van der Waals surface area contributed by atoms with Crippen molar-refractivity contribution in [3.63, 3.8) is 0 Å². The van der Waals surface area contributed by atoms with Crippen LogP contribution in [0.25, 0.3) is 10.8 Å². The minimum Gasteiger partial charge on any atom is -0.477 e. The van der Waals surface area contributed by atoms with E-state index in [1.165, 1.54) is 0 Å². The molecule has 2 aromatic heterocycles. The van der Waals surface area contributed by atoms with Gasteiger partial charge in [-0.3, -0.25) is 0 Å². The molecule has 1 fully saturated rings. The van der Waals surface area contributed by atoms with Gasteiger partial charge < -0.3 is 9.84 Å². The molecular weight excluding hydrogens is 276 g/mol. The van der Waals surface area contributed by atoms with E-state index in [0.717, 1.165) is 29.2 Å². The number of nitrogens with zero attached hydrogens (tertiary/aromatic N) is 2. The molecule has 5 heteroatoms. The predicted octanol–water partition coefficient (Wildman–Crippen LogP) is 3.30. The van der Waals surface area contributed by atoms with Crippen LogP contribution in [0.15, 0.2) is 18.5 Å². The Kier molecular flexibility index (Phi) is 3.30. The second-order valence-corrected chi connectivity index (χ2v) is 5.77. The fraction of sp³-hybridized carbons (Fsp3) is 0.467. The lowest BCUT2D eigenvalue weighted by molar-refractivity contribution is 0.0342. The van der Waals surface area contributed by atoms with Gasteiger partial charge in [-0.05, 0) is 44.1 Å². The van der Waals surface area contributed by atoms with E-state index in [2.05, 4.69) is 9.97 Å². The van der Waals surface area contributed by atoms with Crippen molar-refractivity contribution in [1.29, 1.82) is 0 Å². The summed E-state index contributed by atoms with van der Waals surface area (Å²) in [5.74, 6) is 0.819. The van der Waals surface area contributed by atoms with Crippen LogP contribution in [-0.4, -0.2) is 21.7 Å². The Morgan fingerprint density at radius 1 is 1.35 bits per heavy atom. The van der Waals surface area contributed by atoms with Crippen molar-refractivity contribution in [2.24, 2.45) is 5.92 Å². The molecule has 1 N–H and O–H groups in total. The zero-order chi connectivity index (χ0) is 14.3. The van der Waals surface area contributed by atoms with Crippen molar-refractivity contribution in [2.45, 2.75) is 32.3 Å². The lowest BCUT2D eigenvalue weighted by atomic mass is 9.89. The third-order valence-corrected chi connectivity index (χ3v) is 4.11. The number of rotatable bonds is 4. The zero-order valence-electron chi connectivity index (χ0n) is 11.6. The van der Waals surface area contributed by atoms with E-state index in [9.17, 15) is 5.11 Å². The lowest BCUT2D eigenvalue weighted by Gasteiger charge is -2.25. The summed E-state index contributed by atoms with van der Waals surface area (Å²) >= 11 is 6.01. The quantitative estimate of drug-likeness (QED) is 0.879. The highest BCUT2D eigenvalue weighted by molar-refractivity contribution is 6.30. The Hall–Kier alpha value is -1.39. The zero-order valence-corrected chi connectivity index (χ0v) is 12.3. The monoisotopic (exact) mass is 292 g/mol. The molecule has 2 heterocycles. The summed E-state index contributed by atoms with van der Waals surface area (Å²) in [6.07, 6.45) is 5.44.